The van der Waals surface area contributed by atoms with Gasteiger partial charge in [-0.15, -0.1) is 11.3 Å². The summed E-state index contributed by atoms with van der Waals surface area (Å²) in [6, 6.07) is 11.0. The Morgan fingerprint density at radius 3 is 2.77 bits per heavy atom. The summed E-state index contributed by atoms with van der Waals surface area (Å²) >= 11 is 1.81. The van der Waals surface area contributed by atoms with E-state index in [1.165, 1.54) is 23.4 Å². The van der Waals surface area contributed by atoms with E-state index in [1.54, 1.807) is 6.07 Å². The summed E-state index contributed by atoms with van der Waals surface area (Å²) in [6.45, 7) is 0.457. The van der Waals surface area contributed by atoms with Crippen LogP contribution in [0.25, 0.3) is 11.3 Å². The fraction of sp³-hybridized carbons (Fsp3) is 0.364. The van der Waals surface area contributed by atoms with Gasteiger partial charge >= 0.3 is 0 Å². The Morgan fingerprint density at radius 1 is 1.10 bits per heavy atom. The Labute approximate surface area is 178 Å². The highest BCUT2D eigenvalue weighted by Gasteiger charge is 2.16. The average Bonchev–Trinajstić information content (AvgIpc) is 3.43. The van der Waals surface area contributed by atoms with Gasteiger partial charge in [0.25, 0.3) is 5.91 Å². The van der Waals surface area contributed by atoms with Crippen molar-refractivity contribution in [2.75, 3.05) is 13.1 Å². The zero-order valence-electron chi connectivity index (χ0n) is 16.6. The van der Waals surface area contributed by atoms with Crippen molar-refractivity contribution in [1.82, 2.24) is 20.8 Å². The molecule has 156 valence electrons. The van der Waals surface area contributed by atoms with Crippen molar-refractivity contribution >= 4 is 23.2 Å². The molecule has 8 heteroatoms. The minimum absolute atomic E-state index is 0.0993. The van der Waals surface area contributed by atoms with Crippen LogP contribution in [0, 0.1) is 0 Å². The second kappa shape index (κ2) is 9.67. The largest absolute Gasteiger partial charge is 0.355 e. The molecule has 0 bridgehead atoms. The topological polar surface area (TPSA) is 97.1 Å². The maximum absolute atomic E-state index is 12.2. The van der Waals surface area contributed by atoms with Crippen LogP contribution in [-0.2, 0) is 24.1 Å². The zero-order valence-corrected chi connectivity index (χ0v) is 17.5. The lowest BCUT2D eigenvalue weighted by Crippen LogP contribution is -2.37. The molecule has 30 heavy (non-hydrogen) atoms. The molecule has 2 aromatic heterocycles. The van der Waals surface area contributed by atoms with Crippen LogP contribution >= 0.6 is 11.3 Å². The van der Waals surface area contributed by atoms with Gasteiger partial charge in [0.15, 0.2) is 11.5 Å². The summed E-state index contributed by atoms with van der Waals surface area (Å²) in [5, 5.41) is 10.3. The first-order chi connectivity index (χ1) is 14.7. The minimum atomic E-state index is -0.440. The summed E-state index contributed by atoms with van der Waals surface area (Å²) in [4.78, 5) is 30.3. The Balaban J connectivity index is 1.16. The standard InChI is InChI=1S/C22H24N4O3S/c27-20(23-12-6-11-21-25-16-9-4-5-10-19(16)30-21)14-24-22(28)17-13-18(29-26-17)15-7-2-1-3-8-15/h1-3,7-8,13H,4-6,9-12,14H2,(H,23,27)(H,24,28). The molecule has 1 aromatic carbocycles. The number of thiazole rings is 1. The number of nitrogens with zero attached hydrogens (tertiary/aromatic N) is 2. The van der Waals surface area contributed by atoms with Crippen LogP contribution in [0.4, 0.5) is 0 Å². The lowest BCUT2D eigenvalue weighted by Gasteiger charge is -2.06. The lowest BCUT2D eigenvalue weighted by atomic mass is 10.0. The number of carbonyl (C=O) groups is 2. The molecule has 3 aromatic rings. The summed E-state index contributed by atoms with van der Waals surface area (Å²) in [5.74, 6) is -0.160. The first-order valence-electron chi connectivity index (χ1n) is 10.2. The smallest absolute Gasteiger partial charge is 0.273 e. The van der Waals surface area contributed by atoms with Crippen molar-refractivity contribution in [2.45, 2.75) is 38.5 Å². The Hall–Kier alpha value is -3.00. The number of aryl methyl sites for hydroxylation is 3. The molecule has 0 saturated carbocycles. The predicted octanol–water partition coefficient (Wildman–Crippen LogP) is 3.16. The van der Waals surface area contributed by atoms with Gasteiger partial charge in [0.2, 0.25) is 5.91 Å². The number of nitrogens with one attached hydrogen (secondary N) is 2. The van der Waals surface area contributed by atoms with Crippen LogP contribution < -0.4 is 10.6 Å². The van der Waals surface area contributed by atoms with Crippen molar-refractivity contribution in [3.05, 3.63) is 57.7 Å². The molecule has 1 aliphatic rings. The lowest BCUT2D eigenvalue weighted by molar-refractivity contribution is -0.120. The molecule has 1 aliphatic carbocycles. The van der Waals surface area contributed by atoms with Gasteiger partial charge in [0, 0.05) is 29.5 Å². The number of hydrogen-bond acceptors (Lipinski definition) is 6. The molecule has 0 fully saturated rings. The van der Waals surface area contributed by atoms with Crippen molar-refractivity contribution in [1.29, 1.82) is 0 Å². The Bertz CT molecular complexity index is 989. The number of benzene rings is 1. The highest BCUT2D eigenvalue weighted by molar-refractivity contribution is 7.11. The van der Waals surface area contributed by atoms with E-state index in [4.69, 9.17) is 9.51 Å². The first kappa shape index (κ1) is 20.3. The first-order valence-corrected chi connectivity index (χ1v) is 11.0. The van der Waals surface area contributed by atoms with Crippen LogP contribution in [0.1, 0.15) is 45.3 Å². The second-order valence-electron chi connectivity index (χ2n) is 7.26. The Kier molecular flexibility index (Phi) is 6.53. The summed E-state index contributed by atoms with van der Waals surface area (Å²) in [7, 11) is 0. The third-order valence-corrected chi connectivity index (χ3v) is 6.21. The monoisotopic (exact) mass is 424 g/mol. The number of hydrogen-bond donors (Lipinski definition) is 2. The molecule has 0 aliphatic heterocycles. The maximum Gasteiger partial charge on any atom is 0.273 e. The number of fused-ring (bicyclic) bond motifs is 1. The van der Waals surface area contributed by atoms with Gasteiger partial charge in [-0.1, -0.05) is 35.5 Å². The van der Waals surface area contributed by atoms with Gasteiger partial charge < -0.3 is 15.2 Å². The van der Waals surface area contributed by atoms with E-state index in [0.29, 0.717) is 12.3 Å². The van der Waals surface area contributed by atoms with Crippen LogP contribution in [0.15, 0.2) is 40.9 Å². The van der Waals surface area contributed by atoms with Gasteiger partial charge in [-0.25, -0.2) is 4.98 Å². The number of rotatable bonds is 8. The highest BCUT2D eigenvalue weighted by Crippen LogP contribution is 2.27. The fourth-order valence-electron chi connectivity index (χ4n) is 3.41. The number of aromatic nitrogens is 2. The summed E-state index contributed by atoms with van der Waals surface area (Å²) in [6.07, 6.45) is 6.45. The van der Waals surface area contributed by atoms with Crippen LogP contribution in [0.5, 0.6) is 0 Å². The Morgan fingerprint density at radius 2 is 1.93 bits per heavy atom. The molecule has 7 nitrogen and oxygen atoms in total. The van der Waals surface area contributed by atoms with Crippen molar-refractivity contribution in [3.8, 4) is 11.3 Å². The molecular weight excluding hydrogens is 400 g/mol. The predicted molar refractivity (Wildman–Crippen MR) is 114 cm³/mol. The van der Waals surface area contributed by atoms with Gasteiger partial charge in [-0.2, -0.15) is 0 Å². The van der Waals surface area contributed by atoms with Crippen LogP contribution in [0.2, 0.25) is 0 Å². The SMILES string of the molecule is O=C(CNC(=O)c1cc(-c2ccccc2)on1)NCCCc1nc2c(s1)CCCC2. The van der Waals surface area contributed by atoms with E-state index in [0.717, 1.165) is 36.3 Å². The minimum Gasteiger partial charge on any atom is -0.355 e. The average molecular weight is 425 g/mol. The molecule has 0 unspecified atom stereocenters. The third-order valence-electron chi connectivity index (χ3n) is 4.99. The molecule has 2 N–H and O–H groups in total. The van der Waals surface area contributed by atoms with E-state index >= 15 is 0 Å². The molecule has 2 amide bonds. The molecule has 4 rings (SSSR count). The van der Waals surface area contributed by atoms with E-state index in [-0.39, 0.29) is 18.1 Å². The maximum atomic E-state index is 12.2. The second-order valence-corrected chi connectivity index (χ2v) is 8.43. The molecule has 0 spiro atoms. The van der Waals surface area contributed by atoms with Crippen LogP contribution in [0.3, 0.4) is 0 Å². The van der Waals surface area contributed by atoms with E-state index in [1.807, 2.05) is 41.7 Å². The summed E-state index contributed by atoms with van der Waals surface area (Å²) in [5.41, 5.74) is 2.26. The number of amides is 2. The van der Waals surface area contributed by atoms with Gasteiger partial charge in [0.05, 0.1) is 17.2 Å². The normalized spacial score (nSPS) is 12.9. The zero-order chi connectivity index (χ0) is 20.8. The summed E-state index contributed by atoms with van der Waals surface area (Å²) < 4.78 is 5.21. The van der Waals surface area contributed by atoms with Gasteiger partial charge in [-0.05, 0) is 32.1 Å². The quantitative estimate of drug-likeness (QED) is 0.542. The van der Waals surface area contributed by atoms with Crippen molar-refractivity contribution < 1.29 is 14.1 Å². The van der Waals surface area contributed by atoms with Gasteiger partial charge in [-0.3, -0.25) is 9.59 Å². The van der Waals surface area contributed by atoms with Crippen molar-refractivity contribution in [3.63, 3.8) is 0 Å². The molecule has 0 radical (unpaired) electrons. The molecule has 2 heterocycles. The van der Waals surface area contributed by atoms with E-state index in [9.17, 15) is 9.59 Å². The van der Waals surface area contributed by atoms with E-state index < -0.39 is 5.91 Å². The molecule has 0 atom stereocenters. The number of carbonyl (C=O) groups excluding carboxylic acids is 2. The van der Waals surface area contributed by atoms with Crippen molar-refractivity contribution in [2.24, 2.45) is 0 Å². The molecular formula is C22H24N4O3S. The molecule has 0 saturated heterocycles. The fourth-order valence-corrected chi connectivity index (χ4v) is 4.61. The van der Waals surface area contributed by atoms with Crippen LogP contribution in [-0.4, -0.2) is 35.0 Å². The van der Waals surface area contributed by atoms with Gasteiger partial charge in [0.1, 0.15) is 0 Å². The third kappa shape index (κ3) is 5.13. The van der Waals surface area contributed by atoms with E-state index in [2.05, 4.69) is 15.8 Å². The highest BCUT2D eigenvalue weighted by atomic mass is 32.1.